The number of hydrogen-bond donors (Lipinski definition) is 1. The lowest BCUT2D eigenvalue weighted by Gasteiger charge is -2.25. The molecular weight excluding hydrogens is 253 g/mol. The van der Waals surface area contributed by atoms with Gasteiger partial charge in [-0.3, -0.25) is 4.79 Å². The molecule has 0 amide bonds. The number of benzene rings is 1. The van der Waals surface area contributed by atoms with E-state index in [9.17, 15) is 9.18 Å². The summed E-state index contributed by atoms with van der Waals surface area (Å²) in [5.41, 5.74) is -0.729. The first kappa shape index (κ1) is 15.0. The second-order valence-corrected chi connectivity index (χ2v) is 5.24. The molecule has 0 saturated heterocycles. The summed E-state index contributed by atoms with van der Waals surface area (Å²) >= 11 is 1.39. The standard InChI is InChI=1S/C13H18FNO2S/c1-13(15-2,12(16)17-3)8-9-18-11-7-5-4-6-10(11)14/h4-7,15H,8-9H2,1-3H3. The van der Waals surface area contributed by atoms with Crippen LogP contribution in [0.5, 0.6) is 0 Å². The number of thioether (sulfide) groups is 1. The quantitative estimate of drug-likeness (QED) is 0.637. The lowest BCUT2D eigenvalue weighted by atomic mass is 10.00. The summed E-state index contributed by atoms with van der Waals surface area (Å²) in [7, 11) is 3.08. The zero-order chi connectivity index (χ0) is 13.6. The van der Waals surface area contributed by atoms with Crippen molar-refractivity contribution in [2.45, 2.75) is 23.8 Å². The number of ether oxygens (including phenoxy) is 1. The van der Waals surface area contributed by atoms with Crippen LogP contribution >= 0.6 is 11.8 Å². The van der Waals surface area contributed by atoms with Crippen molar-refractivity contribution in [3.63, 3.8) is 0 Å². The highest BCUT2D eigenvalue weighted by atomic mass is 32.2. The molecule has 100 valence electrons. The maximum absolute atomic E-state index is 13.4. The highest BCUT2D eigenvalue weighted by Gasteiger charge is 2.31. The average molecular weight is 271 g/mol. The molecule has 3 nitrogen and oxygen atoms in total. The summed E-state index contributed by atoms with van der Waals surface area (Å²) in [6.07, 6.45) is 0.565. The van der Waals surface area contributed by atoms with Crippen LogP contribution in [0.15, 0.2) is 29.2 Å². The molecule has 5 heteroatoms. The van der Waals surface area contributed by atoms with Gasteiger partial charge in [0.2, 0.25) is 0 Å². The minimum Gasteiger partial charge on any atom is -0.468 e. The first-order valence-electron chi connectivity index (χ1n) is 5.68. The SMILES string of the molecule is CNC(C)(CCSc1ccccc1F)C(=O)OC. The topological polar surface area (TPSA) is 38.3 Å². The van der Waals surface area contributed by atoms with Crippen LogP contribution in [0, 0.1) is 5.82 Å². The first-order valence-corrected chi connectivity index (χ1v) is 6.66. The Morgan fingerprint density at radius 2 is 2.17 bits per heavy atom. The van der Waals surface area contributed by atoms with E-state index >= 15 is 0 Å². The molecule has 0 aromatic heterocycles. The van der Waals surface area contributed by atoms with Crippen LogP contribution in [-0.4, -0.2) is 31.4 Å². The largest absolute Gasteiger partial charge is 0.468 e. The van der Waals surface area contributed by atoms with Gasteiger partial charge >= 0.3 is 5.97 Å². The van der Waals surface area contributed by atoms with Crippen molar-refractivity contribution < 1.29 is 13.9 Å². The Kier molecular flexibility index (Phi) is 5.62. The van der Waals surface area contributed by atoms with Gasteiger partial charge in [0.05, 0.1) is 7.11 Å². The van der Waals surface area contributed by atoms with Crippen molar-refractivity contribution in [1.29, 1.82) is 0 Å². The molecule has 0 radical (unpaired) electrons. The molecule has 0 aliphatic carbocycles. The molecule has 1 N–H and O–H groups in total. The Morgan fingerprint density at radius 1 is 1.50 bits per heavy atom. The van der Waals surface area contributed by atoms with Gasteiger partial charge in [0, 0.05) is 10.6 Å². The van der Waals surface area contributed by atoms with Crippen LogP contribution in [0.2, 0.25) is 0 Å². The Balaban J connectivity index is 2.55. The fourth-order valence-electron chi connectivity index (χ4n) is 1.48. The summed E-state index contributed by atoms with van der Waals surface area (Å²) < 4.78 is 18.1. The maximum atomic E-state index is 13.4. The minimum absolute atomic E-state index is 0.230. The van der Waals surface area contributed by atoms with Gasteiger partial charge in [-0.05, 0) is 32.5 Å². The second-order valence-electron chi connectivity index (χ2n) is 4.10. The molecule has 0 heterocycles. The number of likely N-dealkylation sites (N-methyl/N-ethyl adjacent to an activating group) is 1. The molecule has 1 aromatic carbocycles. The zero-order valence-corrected chi connectivity index (χ0v) is 11.6. The van der Waals surface area contributed by atoms with E-state index in [4.69, 9.17) is 4.74 Å². The third kappa shape index (κ3) is 3.71. The maximum Gasteiger partial charge on any atom is 0.325 e. The molecule has 1 rings (SSSR count). The van der Waals surface area contributed by atoms with Crippen LogP contribution < -0.4 is 5.32 Å². The van der Waals surface area contributed by atoms with Gasteiger partial charge in [-0.15, -0.1) is 11.8 Å². The molecule has 0 bridgehead atoms. The van der Waals surface area contributed by atoms with Crippen LogP contribution in [-0.2, 0) is 9.53 Å². The highest BCUT2D eigenvalue weighted by molar-refractivity contribution is 7.99. The van der Waals surface area contributed by atoms with Gasteiger partial charge in [0.15, 0.2) is 0 Å². The van der Waals surface area contributed by atoms with Crippen molar-refractivity contribution >= 4 is 17.7 Å². The number of hydrogen-bond acceptors (Lipinski definition) is 4. The van der Waals surface area contributed by atoms with E-state index in [1.165, 1.54) is 24.9 Å². The fourth-order valence-corrected chi connectivity index (χ4v) is 2.59. The lowest BCUT2D eigenvalue weighted by molar-refractivity contribution is -0.147. The van der Waals surface area contributed by atoms with Crippen molar-refractivity contribution in [3.05, 3.63) is 30.1 Å². The Bertz CT molecular complexity index is 414. The summed E-state index contributed by atoms with van der Waals surface area (Å²) in [5.74, 6) is 0.0961. The smallest absolute Gasteiger partial charge is 0.325 e. The fraction of sp³-hybridized carbons (Fsp3) is 0.462. The summed E-state index contributed by atoms with van der Waals surface area (Å²) in [6.45, 7) is 1.78. The van der Waals surface area contributed by atoms with Gasteiger partial charge < -0.3 is 10.1 Å². The number of rotatable bonds is 6. The van der Waals surface area contributed by atoms with Gasteiger partial charge in [-0.1, -0.05) is 12.1 Å². The van der Waals surface area contributed by atoms with E-state index in [0.717, 1.165) is 0 Å². The number of halogens is 1. The van der Waals surface area contributed by atoms with Gasteiger partial charge in [0.1, 0.15) is 11.4 Å². The van der Waals surface area contributed by atoms with E-state index < -0.39 is 5.54 Å². The summed E-state index contributed by atoms with van der Waals surface area (Å²) in [5, 5.41) is 2.95. The van der Waals surface area contributed by atoms with Crippen molar-refractivity contribution in [2.75, 3.05) is 19.9 Å². The van der Waals surface area contributed by atoms with E-state index in [-0.39, 0.29) is 11.8 Å². The number of methoxy groups -OCH3 is 1. The predicted molar refractivity (Wildman–Crippen MR) is 71.2 cm³/mol. The van der Waals surface area contributed by atoms with Crippen LogP contribution in [0.4, 0.5) is 4.39 Å². The van der Waals surface area contributed by atoms with E-state index in [1.54, 1.807) is 32.2 Å². The normalized spacial score (nSPS) is 14.0. The Hall–Kier alpha value is -1.07. The molecule has 0 fully saturated rings. The van der Waals surface area contributed by atoms with Crippen molar-refractivity contribution in [3.8, 4) is 0 Å². The Labute approximate surface area is 111 Å². The number of carbonyl (C=O) groups excluding carboxylic acids is 1. The van der Waals surface area contributed by atoms with Gasteiger partial charge in [-0.25, -0.2) is 4.39 Å². The molecule has 1 aromatic rings. The number of esters is 1. The molecule has 0 aliphatic heterocycles. The van der Waals surface area contributed by atoms with E-state index in [0.29, 0.717) is 17.1 Å². The number of nitrogens with one attached hydrogen (secondary N) is 1. The van der Waals surface area contributed by atoms with E-state index in [1.807, 2.05) is 0 Å². The third-order valence-electron chi connectivity index (χ3n) is 2.88. The second kappa shape index (κ2) is 6.75. The van der Waals surface area contributed by atoms with Crippen molar-refractivity contribution in [2.24, 2.45) is 0 Å². The molecule has 18 heavy (non-hydrogen) atoms. The first-order chi connectivity index (χ1) is 8.53. The van der Waals surface area contributed by atoms with Gasteiger partial charge in [-0.2, -0.15) is 0 Å². The van der Waals surface area contributed by atoms with E-state index in [2.05, 4.69) is 5.32 Å². The molecule has 1 atom stereocenters. The summed E-state index contributed by atoms with van der Waals surface area (Å²) in [4.78, 5) is 12.2. The monoisotopic (exact) mass is 271 g/mol. The molecule has 0 saturated carbocycles. The van der Waals surface area contributed by atoms with Crippen molar-refractivity contribution in [1.82, 2.24) is 5.32 Å². The van der Waals surface area contributed by atoms with Crippen LogP contribution in [0.1, 0.15) is 13.3 Å². The predicted octanol–water partition coefficient (Wildman–Crippen LogP) is 2.46. The molecule has 0 spiro atoms. The van der Waals surface area contributed by atoms with Crippen LogP contribution in [0.3, 0.4) is 0 Å². The molecule has 1 unspecified atom stereocenters. The van der Waals surface area contributed by atoms with Crippen LogP contribution in [0.25, 0.3) is 0 Å². The summed E-state index contributed by atoms with van der Waals surface area (Å²) in [6, 6.07) is 6.61. The van der Waals surface area contributed by atoms with Gasteiger partial charge in [0.25, 0.3) is 0 Å². The third-order valence-corrected chi connectivity index (χ3v) is 3.93. The minimum atomic E-state index is -0.729. The highest BCUT2D eigenvalue weighted by Crippen LogP contribution is 2.24. The zero-order valence-electron chi connectivity index (χ0n) is 10.8. The number of carbonyl (C=O) groups is 1. The lowest BCUT2D eigenvalue weighted by Crippen LogP contribution is -2.48. The molecular formula is C13H18FNO2S. The average Bonchev–Trinajstić information content (AvgIpc) is 2.39. The Morgan fingerprint density at radius 3 is 2.72 bits per heavy atom. The molecule has 0 aliphatic rings.